The van der Waals surface area contributed by atoms with Crippen LogP contribution >= 0.6 is 0 Å². The zero-order valence-electron chi connectivity index (χ0n) is 11.0. The number of halogens is 2. The lowest BCUT2D eigenvalue weighted by atomic mass is 10.0. The van der Waals surface area contributed by atoms with Crippen LogP contribution in [0.25, 0.3) is 0 Å². The van der Waals surface area contributed by atoms with Gasteiger partial charge in [-0.25, -0.2) is 17.2 Å². The molecular formula is C12H15F2N3O3S. The third-order valence-corrected chi connectivity index (χ3v) is 5.33. The highest BCUT2D eigenvalue weighted by atomic mass is 32.2. The monoisotopic (exact) mass is 319 g/mol. The maximum Gasteiger partial charge on any atom is 0.246 e. The van der Waals surface area contributed by atoms with E-state index in [9.17, 15) is 17.2 Å². The standard InChI is InChI=1S/C12H15F2N3O3S/c13-8-4-5-11(9(14)7-8)21(19,20)17-6-2-1-3-10(17)12(15)16-18/h4-5,7,10,18H,1-3,6H2,(H2,15,16). The summed E-state index contributed by atoms with van der Waals surface area (Å²) < 4.78 is 52.7. The molecule has 21 heavy (non-hydrogen) atoms. The van der Waals surface area contributed by atoms with E-state index in [0.717, 1.165) is 16.4 Å². The van der Waals surface area contributed by atoms with Gasteiger partial charge in [-0.1, -0.05) is 11.6 Å². The normalized spacial score (nSPS) is 21.4. The van der Waals surface area contributed by atoms with Crippen molar-refractivity contribution in [3.05, 3.63) is 29.8 Å². The van der Waals surface area contributed by atoms with Gasteiger partial charge in [-0.15, -0.1) is 0 Å². The van der Waals surface area contributed by atoms with Gasteiger partial charge in [-0.2, -0.15) is 4.31 Å². The Balaban J connectivity index is 2.45. The molecule has 1 fully saturated rings. The fourth-order valence-electron chi connectivity index (χ4n) is 2.37. The molecule has 1 saturated heterocycles. The number of sulfonamides is 1. The summed E-state index contributed by atoms with van der Waals surface area (Å²) in [4.78, 5) is -0.624. The molecule has 0 spiro atoms. The predicted octanol–water partition coefficient (Wildman–Crippen LogP) is 1.25. The smallest absolute Gasteiger partial charge is 0.246 e. The molecule has 6 nitrogen and oxygen atoms in total. The Kier molecular flexibility index (Phi) is 4.43. The van der Waals surface area contributed by atoms with Crippen LogP contribution in [0.3, 0.4) is 0 Å². The van der Waals surface area contributed by atoms with Crippen molar-refractivity contribution in [2.45, 2.75) is 30.2 Å². The zero-order valence-corrected chi connectivity index (χ0v) is 11.9. The highest BCUT2D eigenvalue weighted by molar-refractivity contribution is 7.89. The topological polar surface area (TPSA) is 96.0 Å². The first-order valence-electron chi connectivity index (χ1n) is 6.32. The molecule has 0 radical (unpaired) electrons. The summed E-state index contributed by atoms with van der Waals surface area (Å²) in [6.07, 6.45) is 1.66. The summed E-state index contributed by atoms with van der Waals surface area (Å²) in [5.41, 5.74) is 5.52. The first kappa shape index (κ1) is 15.6. The van der Waals surface area contributed by atoms with Crippen molar-refractivity contribution in [1.82, 2.24) is 4.31 Å². The Bertz CT molecular complexity index is 664. The van der Waals surface area contributed by atoms with Crippen molar-refractivity contribution in [3.63, 3.8) is 0 Å². The molecule has 1 atom stereocenters. The van der Waals surface area contributed by atoms with Crippen molar-refractivity contribution in [2.75, 3.05) is 6.54 Å². The van der Waals surface area contributed by atoms with Crippen LogP contribution in [0.15, 0.2) is 28.3 Å². The van der Waals surface area contributed by atoms with E-state index in [1.54, 1.807) is 0 Å². The van der Waals surface area contributed by atoms with E-state index in [1.807, 2.05) is 0 Å². The molecule has 0 amide bonds. The minimum absolute atomic E-state index is 0.125. The van der Waals surface area contributed by atoms with Crippen LogP contribution in [-0.2, 0) is 10.0 Å². The maximum absolute atomic E-state index is 13.8. The fourth-order valence-corrected chi connectivity index (χ4v) is 4.08. The number of nitrogens with zero attached hydrogens (tertiary/aromatic N) is 2. The maximum atomic E-state index is 13.8. The summed E-state index contributed by atoms with van der Waals surface area (Å²) in [6.45, 7) is 0.125. The van der Waals surface area contributed by atoms with Gasteiger partial charge in [-0.05, 0) is 25.0 Å². The van der Waals surface area contributed by atoms with Crippen LogP contribution in [0.1, 0.15) is 19.3 Å². The van der Waals surface area contributed by atoms with Crippen LogP contribution in [0.2, 0.25) is 0 Å². The second kappa shape index (κ2) is 5.94. The van der Waals surface area contributed by atoms with Gasteiger partial charge in [0, 0.05) is 12.6 Å². The van der Waals surface area contributed by atoms with E-state index in [1.165, 1.54) is 0 Å². The number of piperidine rings is 1. The predicted molar refractivity (Wildman–Crippen MR) is 71.3 cm³/mol. The van der Waals surface area contributed by atoms with E-state index >= 15 is 0 Å². The van der Waals surface area contributed by atoms with Crippen LogP contribution in [0.5, 0.6) is 0 Å². The first-order chi connectivity index (χ1) is 9.87. The van der Waals surface area contributed by atoms with Gasteiger partial charge in [-0.3, -0.25) is 0 Å². The van der Waals surface area contributed by atoms with Crippen LogP contribution in [-0.4, -0.2) is 36.4 Å². The van der Waals surface area contributed by atoms with E-state index in [-0.39, 0.29) is 12.4 Å². The molecule has 1 aliphatic heterocycles. The number of amidine groups is 1. The second-order valence-corrected chi connectivity index (χ2v) is 6.59. The van der Waals surface area contributed by atoms with Gasteiger partial charge < -0.3 is 10.9 Å². The number of nitrogens with two attached hydrogens (primary N) is 1. The molecule has 1 aliphatic rings. The summed E-state index contributed by atoms with van der Waals surface area (Å²) in [7, 11) is -4.19. The number of hydrogen-bond donors (Lipinski definition) is 2. The second-order valence-electron chi connectivity index (χ2n) is 4.73. The van der Waals surface area contributed by atoms with Crippen molar-refractivity contribution in [1.29, 1.82) is 0 Å². The molecule has 1 aromatic rings. The van der Waals surface area contributed by atoms with Crippen molar-refractivity contribution < 1.29 is 22.4 Å². The third kappa shape index (κ3) is 2.98. The van der Waals surface area contributed by atoms with Gasteiger partial charge in [0.05, 0.1) is 6.04 Å². The molecule has 116 valence electrons. The molecule has 2 rings (SSSR count). The number of benzene rings is 1. The number of hydrogen-bond acceptors (Lipinski definition) is 4. The van der Waals surface area contributed by atoms with Gasteiger partial charge in [0.1, 0.15) is 16.5 Å². The van der Waals surface area contributed by atoms with Gasteiger partial charge in [0.15, 0.2) is 5.84 Å². The molecule has 9 heteroatoms. The Hall–Kier alpha value is -1.74. The first-order valence-corrected chi connectivity index (χ1v) is 7.76. The van der Waals surface area contributed by atoms with Gasteiger partial charge in [0.2, 0.25) is 10.0 Å². The average molecular weight is 319 g/mol. The van der Waals surface area contributed by atoms with E-state index in [4.69, 9.17) is 10.9 Å². The van der Waals surface area contributed by atoms with Crippen molar-refractivity contribution >= 4 is 15.9 Å². The summed E-state index contributed by atoms with van der Waals surface area (Å²) >= 11 is 0. The molecule has 1 unspecified atom stereocenters. The Morgan fingerprint density at radius 2 is 2.10 bits per heavy atom. The summed E-state index contributed by atoms with van der Waals surface area (Å²) in [5, 5.41) is 11.6. The molecule has 0 bridgehead atoms. The van der Waals surface area contributed by atoms with Crippen LogP contribution in [0.4, 0.5) is 8.78 Å². The highest BCUT2D eigenvalue weighted by Gasteiger charge is 2.37. The van der Waals surface area contributed by atoms with Crippen LogP contribution in [0, 0.1) is 11.6 Å². The molecule has 1 heterocycles. The Labute approximate surface area is 120 Å². The molecule has 1 aromatic carbocycles. The SMILES string of the molecule is NC(=NO)C1CCCCN1S(=O)(=O)c1ccc(F)cc1F. The van der Waals surface area contributed by atoms with E-state index in [0.29, 0.717) is 25.3 Å². The highest BCUT2D eigenvalue weighted by Crippen LogP contribution is 2.27. The molecular weight excluding hydrogens is 304 g/mol. The summed E-state index contributed by atoms with van der Waals surface area (Å²) in [5.74, 6) is -2.28. The Morgan fingerprint density at radius 3 is 2.71 bits per heavy atom. The molecule has 0 aliphatic carbocycles. The molecule has 3 N–H and O–H groups in total. The molecule has 0 saturated carbocycles. The number of rotatable bonds is 3. The zero-order chi connectivity index (χ0) is 15.6. The minimum Gasteiger partial charge on any atom is -0.409 e. The lowest BCUT2D eigenvalue weighted by Crippen LogP contribution is -2.50. The quantitative estimate of drug-likeness (QED) is 0.379. The Morgan fingerprint density at radius 1 is 1.38 bits per heavy atom. The number of oxime groups is 1. The van der Waals surface area contributed by atoms with Crippen molar-refractivity contribution in [3.8, 4) is 0 Å². The lowest BCUT2D eigenvalue weighted by Gasteiger charge is -2.33. The van der Waals surface area contributed by atoms with Crippen LogP contribution < -0.4 is 5.73 Å². The fraction of sp³-hybridized carbons (Fsp3) is 0.417. The van der Waals surface area contributed by atoms with Gasteiger partial charge >= 0.3 is 0 Å². The van der Waals surface area contributed by atoms with E-state index in [2.05, 4.69) is 5.16 Å². The lowest BCUT2D eigenvalue weighted by molar-refractivity contribution is 0.280. The van der Waals surface area contributed by atoms with Crippen molar-refractivity contribution in [2.24, 2.45) is 10.9 Å². The average Bonchev–Trinajstić information content (AvgIpc) is 2.46. The third-order valence-electron chi connectivity index (χ3n) is 3.39. The van der Waals surface area contributed by atoms with E-state index < -0.39 is 32.6 Å². The largest absolute Gasteiger partial charge is 0.409 e. The minimum atomic E-state index is -4.19. The molecule has 0 aromatic heterocycles. The summed E-state index contributed by atoms with van der Waals surface area (Å²) in [6, 6.07) is 1.42. The van der Waals surface area contributed by atoms with Gasteiger partial charge in [0.25, 0.3) is 0 Å².